The average molecular weight is 659 g/mol. The highest BCUT2D eigenvalue weighted by Crippen LogP contribution is 2.44. The van der Waals surface area contributed by atoms with Gasteiger partial charge in [-0.05, 0) is 29.5 Å². The number of hydrogen-bond acceptors (Lipinski definition) is 4. The third-order valence-corrected chi connectivity index (χ3v) is 10.4. The van der Waals surface area contributed by atoms with Gasteiger partial charge >= 0.3 is 5.97 Å². The normalized spacial score (nSPS) is 15.0. The zero-order valence-electron chi connectivity index (χ0n) is 29.6. The molecule has 264 valence electrons. The molecule has 3 aromatic rings. The number of aliphatic carboxylic acids is 1. The molecule has 0 saturated heterocycles. The molecule has 5 heteroatoms. The van der Waals surface area contributed by atoms with Crippen LogP contribution >= 0.6 is 0 Å². The molecule has 5 unspecified atom stereocenters. The van der Waals surface area contributed by atoms with Crippen LogP contribution in [0.15, 0.2) is 91.0 Å². The maximum Gasteiger partial charge on any atom is 0.306 e. The molecule has 3 rings (SSSR count). The summed E-state index contributed by atoms with van der Waals surface area (Å²) < 4.78 is 0. The Hall–Kier alpha value is -2.99. The minimum absolute atomic E-state index is 0.333. The van der Waals surface area contributed by atoms with Gasteiger partial charge in [-0.25, -0.2) is 0 Å². The van der Waals surface area contributed by atoms with E-state index in [0.717, 1.165) is 42.4 Å². The lowest BCUT2D eigenvalue weighted by Gasteiger charge is -2.44. The van der Waals surface area contributed by atoms with Gasteiger partial charge in [-0.2, -0.15) is 0 Å². The van der Waals surface area contributed by atoms with Crippen LogP contribution in [0.4, 0.5) is 0 Å². The van der Waals surface area contributed by atoms with Crippen LogP contribution in [0.1, 0.15) is 133 Å². The molecule has 0 amide bonds. The lowest BCUT2D eigenvalue weighted by molar-refractivity contribution is -0.151. The summed E-state index contributed by atoms with van der Waals surface area (Å²) in [4.78, 5) is 12.4. The van der Waals surface area contributed by atoms with Crippen molar-refractivity contribution in [3.05, 3.63) is 108 Å². The van der Waals surface area contributed by atoms with Crippen LogP contribution < -0.4 is 0 Å². The summed E-state index contributed by atoms with van der Waals surface area (Å²) in [7, 11) is 0. The summed E-state index contributed by atoms with van der Waals surface area (Å²) in [6, 6.07) is 28.7. The fourth-order valence-corrected chi connectivity index (χ4v) is 7.66. The quantitative estimate of drug-likeness (QED) is 0.0537. The van der Waals surface area contributed by atoms with Crippen molar-refractivity contribution in [2.24, 2.45) is 11.8 Å². The number of aliphatic hydroxyl groups is 3. The molecule has 0 aliphatic carbocycles. The topological polar surface area (TPSA) is 98.0 Å². The fourth-order valence-electron chi connectivity index (χ4n) is 7.66. The Kier molecular flexibility index (Phi) is 18.0. The molecule has 0 saturated carbocycles. The summed E-state index contributed by atoms with van der Waals surface area (Å²) in [6.07, 6.45) is 13.5. The molecule has 3 aromatic carbocycles. The van der Waals surface area contributed by atoms with Crippen molar-refractivity contribution in [1.82, 2.24) is 0 Å². The Morgan fingerprint density at radius 3 is 1.23 bits per heavy atom. The molecule has 0 bridgehead atoms. The van der Waals surface area contributed by atoms with E-state index >= 15 is 0 Å². The molecule has 0 heterocycles. The van der Waals surface area contributed by atoms with Crippen LogP contribution in [-0.4, -0.2) is 44.7 Å². The highest BCUT2D eigenvalue weighted by Gasteiger charge is 2.49. The molecule has 0 radical (unpaired) electrons. The van der Waals surface area contributed by atoms with Crippen molar-refractivity contribution >= 4 is 5.97 Å². The minimum Gasteiger partial charge on any atom is -0.481 e. The van der Waals surface area contributed by atoms with Crippen LogP contribution in [0, 0.1) is 11.8 Å². The van der Waals surface area contributed by atoms with E-state index in [9.17, 15) is 25.2 Å². The third-order valence-electron chi connectivity index (χ3n) is 10.4. The molecule has 5 nitrogen and oxygen atoms in total. The first-order chi connectivity index (χ1) is 23.4. The first kappa shape index (κ1) is 39.4. The summed E-state index contributed by atoms with van der Waals surface area (Å²) in [6.45, 7) is 4.07. The molecule has 0 aliphatic rings. The smallest absolute Gasteiger partial charge is 0.306 e. The maximum atomic E-state index is 12.4. The predicted molar refractivity (Wildman–Crippen MR) is 197 cm³/mol. The van der Waals surface area contributed by atoms with E-state index in [1.54, 1.807) is 0 Å². The Morgan fingerprint density at radius 2 is 0.896 bits per heavy atom. The minimum atomic E-state index is -1.60. The predicted octanol–water partition coefficient (Wildman–Crippen LogP) is 9.70. The zero-order chi connectivity index (χ0) is 34.6. The van der Waals surface area contributed by atoms with Crippen LogP contribution in [0.2, 0.25) is 0 Å². The highest BCUT2D eigenvalue weighted by atomic mass is 16.4. The van der Waals surface area contributed by atoms with Gasteiger partial charge in [0.2, 0.25) is 0 Å². The number of aliphatic hydroxyl groups excluding tert-OH is 3. The average Bonchev–Trinajstić information content (AvgIpc) is 3.12. The lowest BCUT2D eigenvalue weighted by atomic mass is 9.63. The van der Waals surface area contributed by atoms with Crippen LogP contribution in [0.5, 0.6) is 0 Å². The number of benzene rings is 3. The van der Waals surface area contributed by atoms with E-state index in [4.69, 9.17) is 0 Å². The van der Waals surface area contributed by atoms with Gasteiger partial charge in [0.25, 0.3) is 0 Å². The Bertz CT molecular complexity index is 1150. The Morgan fingerprint density at radius 1 is 0.542 bits per heavy atom. The van der Waals surface area contributed by atoms with Crippen molar-refractivity contribution in [2.45, 2.75) is 140 Å². The van der Waals surface area contributed by atoms with Gasteiger partial charge in [-0.15, -0.1) is 0 Å². The second-order valence-electron chi connectivity index (χ2n) is 13.7. The standard InChI is InChI=1S/C43H62O5/c1-3-5-6-7-8-9-10-11-12-13-14-15-16-26-33-38(37(4-2)42(47)48)39(44)40(45)41(46)43(34-27-20-17-21-28-34,35-29-22-18-23-30-35)36-31-24-19-25-32-36/h17-25,27-32,37-41,44-46H,3-16,26,33H2,1-2H3,(H,47,48). The van der Waals surface area contributed by atoms with E-state index in [0.29, 0.717) is 12.8 Å². The molecule has 0 aromatic heterocycles. The molecule has 0 spiro atoms. The van der Waals surface area contributed by atoms with Gasteiger partial charge in [-0.3, -0.25) is 4.79 Å². The van der Waals surface area contributed by atoms with Gasteiger partial charge in [-0.1, -0.05) is 195 Å². The first-order valence-corrected chi connectivity index (χ1v) is 18.8. The molecular formula is C43H62O5. The van der Waals surface area contributed by atoms with Gasteiger partial charge in [0.15, 0.2) is 0 Å². The lowest BCUT2D eigenvalue weighted by Crippen LogP contribution is -2.55. The molecule has 0 aliphatic heterocycles. The van der Waals surface area contributed by atoms with Crippen molar-refractivity contribution < 1.29 is 25.2 Å². The monoisotopic (exact) mass is 658 g/mol. The third kappa shape index (κ3) is 11.0. The maximum absolute atomic E-state index is 12.4. The SMILES string of the molecule is CCCCCCCCCCCCCCCCC(C(CC)C(=O)O)C(O)C(O)C(O)C(c1ccccc1)(c1ccccc1)c1ccccc1. The van der Waals surface area contributed by atoms with Crippen LogP contribution in [0.3, 0.4) is 0 Å². The second kappa shape index (κ2) is 21.9. The summed E-state index contributed by atoms with van der Waals surface area (Å²) >= 11 is 0. The number of carboxylic acids is 1. The van der Waals surface area contributed by atoms with Crippen molar-refractivity contribution in [2.75, 3.05) is 0 Å². The van der Waals surface area contributed by atoms with E-state index in [-0.39, 0.29) is 0 Å². The molecular weight excluding hydrogens is 596 g/mol. The van der Waals surface area contributed by atoms with Crippen molar-refractivity contribution in [3.63, 3.8) is 0 Å². The molecule has 0 fully saturated rings. The summed E-state index contributed by atoms with van der Waals surface area (Å²) in [5.41, 5.74) is 1.11. The fraction of sp³-hybridized carbons (Fsp3) is 0.558. The largest absolute Gasteiger partial charge is 0.481 e. The van der Waals surface area contributed by atoms with Crippen molar-refractivity contribution in [3.8, 4) is 0 Å². The number of hydrogen-bond donors (Lipinski definition) is 4. The van der Waals surface area contributed by atoms with E-state index in [1.165, 1.54) is 64.2 Å². The van der Waals surface area contributed by atoms with E-state index in [1.807, 2.05) is 97.9 Å². The molecule has 48 heavy (non-hydrogen) atoms. The number of unbranched alkanes of at least 4 members (excludes halogenated alkanes) is 13. The van der Waals surface area contributed by atoms with Gasteiger partial charge in [0, 0.05) is 5.92 Å². The van der Waals surface area contributed by atoms with E-state index in [2.05, 4.69) is 6.92 Å². The van der Waals surface area contributed by atoms with Crippen molar-refractivity contribution in [1.29, 1.82) is 0 Å². The number of carbonyl (C=O) groups is 1. The summed E-state index contributed by atoms with van der Waals surface area (Å²) in [5, 5.41) is 46.3. The Balaban J connectivity index is 1.71. The first-order valence-electron chi connectivity index (χ1n) is 18.8. The van der Waals surface area contributed by atoms with Gasteiger partial charge < -0.3 is 20.4 Å². The van der Waals surface area contributed by atoms with Gasteiger partial charge in [0.1, 0.15) is 12.2 Å². The highest BCUT2D eigenvalue weighted by molar-refractivity contribution is 5.70. The van der Waals surface area contributed by atoms with Crippen LogP contribution in [0.25, 0.3) is 0 Å². The zero-order valence-corrected chi connectivity index (χ0v) is 29.6. The van der Waals surface area contributed by atoms with E-state index < -0.39 is 41.5 Å². The molecule has 5 atom stereocenters. The van der Waals surface area contributed by atoms with Crippen LogP contribution in [-0.2, 0) is 10.2 Å². The summed E-state index contributed by atoms with van der Waals surface area (Å²) in [5.74, 6) is -2.51. The molecule has 4 N–H and O–H groups in total. The Labute approximate surface area is 290 Å². The number of carboxylic acid groups (broad SMARTS) is 1. The number of rotatable bonds is 25. The van der Waals surface area contributed by atoms with Gasteiger partial charge in [0.05, 0.1) is 17.4 Å². The second-order valence-corrected chi connectivity index (χ2v) is 13.7.